The molecule has 2 nitrogen and oxygen atoms in total. The lowest BCUT2D eigenvalue weighted by atomic mass is 10.1. The first kappa shape index (κ1) is 16.9. The monoisotopic (exact) mass is 353 g/mol. The highest BCUT2D eigenvalue weighted by Gasteiger charge is 2.35. The smallest absolute Gasteiger partial charge is 0.266 e. The van der Waals surface area contributed by atoms with Gasteiger partial charge in [-0.3, -0.25) is 9.69 Å². The van der Waals surface area contributed by atoms with Crippen molar-refractivity contribution in [3.63, 3.8) is 0 Å². The van der Waals surface area contributed by atoms with Gasteiger partial charge in [0, 0.05) is 0 Å². The highest BCUT2D eigenvalue weighted by Crippen LogP contribution is 2.37. The second-order valence-electron chi connectivity index (χ2n) is 5.73. The zero-order valence-electron chi connectivity index (χ0n) is 13.7. The van der Waals surface area contributed by atoms with E-state index in [1.54, 1.807) is 4.90 Å². The van der Waals surface area contributed by atoms with Crippen LogP contribution in [0.5, 0.6) is 0 Å². The minimum Gasteiger partial charge on any atom is -0.286 e. The lowest BCUT2D eigenvalue weighted by molar-refractivity contribution is -0.123. The van der Waals surface area contributed by atoms with Gasteiger partial charge < -0.3 is 0 Å². The Hall–Kier alpha value is -1.91. The summed E-state index contributed by atoms with van der Waals surface area (Å²) in [6.45, 7) is 4.14. The number of thioether (sulfide) groups is 1. The normalized spacial score (nSPS) is 17.6. The second-order valence-corrected chi connectivity index (χ2v) is 7.41. The van der Waals surface area contributed by atoms with Gasteiger partial charge in [-0.15, -0.1) is 0 Å². The van der Waals surface area contributed by atoms with E-state index >= 15 is 0 Å². The summed E-state index contributed by atoms with van der Waals surface area (Å²) < 4.78 is 0.618. The minimum atomic E-state index is -0.0629. The van der Waals surface area contributed by atoms with E-state index in [0.29, 0.717) is 9.23 Å². The molecule has 1 aliphatic rings. The Morgan fingerprint density at radius 2 is 1.79 bits per heavy atom. The summed E-state index contributed by atoms with van der Waals surface area (Å²) in [5, 5.41) is 0. The molecule has 1 heterocycles. The Balaban J connectivity index is 1.84. The topological polar surface area (TPSA) is 20.3 Å². The summed E-state index contributed by atoms with van der Waals surface area (Å²) in [6, 6.07) is 18.2. The molecule has 1 atom stereocenters. The summed E-state index contributed by atoms with van der Waals surface area (Å²) in [6.07, 6.45) is 2.94. The van der Waals surface area contributed by atoms with Gasteiger partial charge in [-0.05, 0) is 36.1 Å². The summed E-state index contributed by atoms with van der Waals surface area (Å²) in [5.74, 6) is -0.0130. The Morgan fingerprint density at radius 1 is 1.12 bits per heavy atom. The van der Waals surface area contributed by atoms with Crippen LogP contribution in [0.1, 0.15) is 36.6 Å². The fourth-order valence-electron chi connectivity index (χ4n) is 2.70. The van der Waals surface area contributed by atoms with Crippen LogP contribution in [0.25, 0.3) is 6.08 Å². The summed E-state index contributed by atoms with van der Waals surface area (Å²) in [5.41, 5.74) is 3.40. The second kappa shape index (κ2) is 7.32. The van der Waals surface area contributed by atoms with Gasteiger partial charge in [0.15, 0.2) is 0 Å². The zero-order chi connectivity index (χ0) is 17.1. The Bertz CT molecular complexity index is 781. The molecule has 0 aliphatic carbocycles. The number of hydrogen-bond acceptors (Lipinski definition) is 3. The molecule has 0 N–H and O–H groups in total. The van der Waals surface area contributed by atoms with Gasteiger partial charge in [0.05, 0.1) is 10.9 Å². The molecule has 0 spiro atoms. The van der Waals surface area contributed by atoms with Crippen LogP contribution >= 0.6 is 24.0 Å². The summed E-state index contributed by atoms with van der Waals surface area (Å²) in [7, 11) is 0. The van der Waals surface area contributed by atoms with E-state index in [1.807, 2.05) is 55.5 Å². The van der Waals surface area contributed by atoms with Gasteiger partial charge in [0.2, 0.25) is 0 Å². The first-order chi connectivity index (χ1) is 11.6. The number of amides is 1. The highest BCUT2D eigenvalue weighted by molar-refractivity contribution is 8.26. The van der Waals surface area contributed by atoms with E-state index in [-0.39, 0.29) is 11.9 Å². The van der Waals surface area contributed by atoms with Gasteiger partial charge in [-0.2, -0.15) is 0 Å². The lowest BCUT2D eigenvalue weighted by Crippen LogP contribution is -2.30. The summed E-state index contributed by atoms with van der Waals surface area (Å²) in [4.78, 5) is 15.2. The predicted molar refractivity (Wildman–Crippen MR) is 106 cm³/mol. The maximum absolute atomic E-state index is 12.8. The van der Waals surface area contributed by atoms with Gasteiger partial charge in [0.25, 0.3) is 5.91 Å². The molecular formula is C20H19NOS2. The largest absolute Gasteiger partial charge is 0.286 e. The zero-order valence-corrected chi connectivity index (χ0v) is 15.4. The molecule has 1 fully saturated rings. The van der Waals surface area contributed by atoms with Gasteiger partial charge in [-0.25, -0.2) is 0 Å². The highest BCUT2D eigenvalue weighted by atomic mass is 32.2. The molecule has 1 saturated heterocycles. The van der Waals surface area contributed by atoms with Crippen LogP contribution in [0.2, 0.25) is 0 Å². The molecule has 2 aromatic rings. The van der Waals surface area contributed by atoms with Crippen molar-refractivity contribution in [2.75, 3.05) is 0 Å². The van der Waals surface area contributed by atoms with E-state index < -0.39 is 0 Å². The molecule has 4 heteroatoms. The van der Waals surface area contributed by atoms with Crippen molar-refractivity contribution in [3.05, 3.63) is 76.2 Å². The molecule has 0 radical (unpaired) electrons. The van der Waals surface area contributed by atoms with Crippen molar-refractivity contribution in [2.24, 2.45) is 0 Å². The fourth-order valence-corrected chi connectivity index (χ4v) is 4.11. The maximum atomic E-state index is 12.8. The molecule has 0 saturated carbocycles. The molecule has 0 bridgehead atoms. The molecule has 1 amide bonds. The van der Waals surface area contributed by atoms with Crippen LogP contribution in [0.15, 0.2) is 59.5 Å². The van der Waals surface area contributed by atoms with E-state index in [2.05, 4.69) is 19.1 Å². The number of nitrogens with zero attached hydrogens (tertiary/aromatic N) is 1. The molecule has 0 unspecified atom stereocenters. The number of carbonyl (C=O) groups excluding carboxylic acids is 1. The van der Waals surface area contributed by atoms with Crippen LogP contribution in [0.4, 0.5) is 0 Å². The number of hydrogen-bond donors (Lipinski definition) is 0. The van der Waals surface area contributed by atoms with Crippen LogP contribution in [-0.2, 0) is 11.2 Å². The number of aryl methyl sites for hydroxylation is 1. The van der Waals surface area contributed by atoms with Crippen LogP contribution in [0, 0.1) is 0 Å². The summed E-state index contributed by atoms with van der Waals surface area (Å²) >= 11 is 6.83. The lowest BCUT2D eigenvalue weighted by Gasteiger charge is -2.23. The number of thiocarbonyl (C=S) groups is 1. The molecule has 2 aromatic carbocycles. The van der Waals surface area contributed by atoms with Crippen molar-refractivity contribution in [1.29, 1.82) is 0 Å². The third kappa shape index (κ3) is 3.45. The molecule has 0 aromatic heterocycles. The average molecular weight is 354 g/mol. The van der Waals surface area contributed by atoms with Crippen molar-refractivity contribution in [2.45, 2.75) is 26.3 Å². The van der Waals surface area contributed by atoms with Crippen molar-refractivity contribution < 1.29 is 4.79 Å². The predicted octanol–water partition coefficient (Wildman–Crippen LogP) is 5.21. The standard InChI is InChI=1S/C20H19NOS2/c1-3-15-9-11-16(12-10-15)13-18-19(22)21(20(23)24-18)14(2)17-7-5-4-6-8-17/h4-14H,3H2,1-2H3/b18-13-/t14-/m1/s1. The van der Waals surface area contributed by atoms with E-state index in [0.717, 1.165) is 17.5 Å². The Labute approximate surface area is 152 Å². The Morgan fingerprint density at radius 3 is 2.42 bits per heavy atom. The molecule has 24 heavy (non-hydrogen) atoms. The number of rotatable bonds is 4. The number of carbonyl (C=O) groups is 1. The first-order valence-corrected chi connectivity index (χ1v) is 9.23. The van der Waals surface area contributed by atoms with Crippen molar-refractivity contribution >= 4 is 40.3 Å². The molecule has 1 aliphatic heterocycles. The van der Waals surface area contributed by atoms with E-state index in [4.69, 9.17) is 12.2 Å². The van der Waals surface area contributed by atoms with Gasteiger partial charge in [0.1, 0.15) is 4.32 Å². The Kier molecular flexibility index (Phi) is 5.17. The van der Waals surface area contributed by atoms with Crippen LogP contribution < -0.4 is 0 Å². The van der Waals surface area contributed by atoms with E-state index in [9.17, 15) is 4.79 Å². The molecular weight excluding hydrogens is 334 g/mol. The van der Waals surface area contributed by atoms with Crippen molar-refractivity contribution in [3.8, 4) is 0 Å². The fraction of sp³-hybridized carbons (Fsp3) is 0.200. The molecule has 122 valence electrons. The minimum absolute atomic E-state index is 0.0130. The number of benzene rings is 2. The van der Waals surface area contributed by atoms with E-state index in [1.165, 1.54) is 17.3 Å². The average Bonchev–Trinajstić information content (AvgIpc) is 2.89. The van der Waals surface area contributed by atoms with Gasteiger partial charge in [-0.1, -0.05) is 85.5 Å². The maximum Gasteiger partial charge on any atom is 0.266 e. The third-order valence-corrected chi connectivity index (χ3v) is 5.51. The molecule has 3 rings (SSSR count). The van der Waals surface area contributed by atoms with Crippen LogP contribution in [0.3, 0.4) is 0 Å². The van der Waals surface area contributed by atoms with Crippen molar-refractivity contribution in [1.82, 2.24) is 4.90 Å². The SMILES string of the molecule is CCc1ccc(/C=C2\SC(=S)N([C@H](C)c3ccccc3)C2=O)cc1. The van der Waals surface area contributed by atoms with Crippen LogP contribution in [-0.4, -0.2) is 15.1 Å². The van der Waals surface area contributed by atoms with Gasteiger partial charge >= 0.3 is 0 Å². The third-order valence-electron chi connectivity index (χ3n) is 4.18. The first-order valence-electron chi connectivity index (χ1n) is 8.01. The quantitative estimate of drug-likeness (QED) is 0.556.